The summed E-state index contributed by atoms with van der Waals surface area (Å²) in [5.74, 6) is -0.465. The Labute approximate surface area is 52.7 Å². The molecule has 0 aliphatic carbocycles. The standard InChI is InChI=1S/C4H7NO2S/c5-3(6)1-2-4(7)8/h1-2H2,(H2,5,6)(H,7,8). The molecule has 0 unspecified atom stereocenters. The number of amides is 1. The van der Waals surface area contributed by atoms with Gasteiger partial charge in [-0.3, -0.25) is 9.59 Å². The topological polar surface area (TPSA) is 60.2 Å². The predicted octanol–water partition coefficient (Wildman–Crippen LogP) is -0.292. The molecule has 46 valence electrons. The normalized spacial score (nSPS) is 8.62. The summed E-state index contributed by atoms with van der Waals surface area (Å²) in [5, 5.41) is -0.302. The van der Waals surface area contributed by atoms with Gasteiger partial charge < -0.3 is 5.73 Å². The molecular weight excluding hydrogens is 126 g/mol. The highest BCUT2D eigenvalue weighted by Gasteiger charge is 1.96. The van der Waals surface area contributed by atoms with Crippen LogP contribution in [0.25, 0.3) is 0 Å². The van der Waals surface area contributed by atoms with Crippen LogP contribution < -0.4 is 5.73 Å². The van der Waals surface area contributed by atoms with E-state index in [4.69, 9.17) is 5.73 Å². The number of carbonyl (C=O) groups is 2. The zero-order valence-corrected chi connectivity index (χ0v) is 5.15. The number of thiol groups is 1. The lowest BCUT2D eigenvalue weighted by Crippen LogP contribution is -2.10. The van der Waals surface area contributed by atoms with Gasteiger partial charge in [0.2, 0.25) is 5.91 Å². The summed E-state index contributed by atoms with van der Waals surface area (Å²) < 4.78 is 0. The van der Waals surface area contributed by atoms with E-state index in [1.165, 1.54) is 0 Å². The van der Waals surface area contributed by atoms with Crippen molar-refractivity contribution in [3.63, 3.8) is 0 Å². The smallest absolute Gasteiger partial charge is 0.217 e. The van der Waals surface area contributed by atoms with Crippen LogP contribution in [0.4, 0.5) is 0 Å². The van der Waals surface area contributed by atoms with Crippen LogP contribution in [-0.4, -0.2) is 11.0 Å². The molecule has 0 rings (SSSR count). The van der Waals surface area contributed by atoms with E-state index in [2.05, 4.69) is 12.6 Å². The van der Waals surface area contributed by atoms with Crippen LogP contribution in [-0.2, 0) is 9.59 Å². The van der Waals surface area contributed by atoms with Crippen molar-refractivity contribution >= 4 is 23.7 Å². The number of hydrogen-bond donors (Lipinski definition) is 2. The Morgan fingerprint density at radius 2 is 1.88 bits per heavy atom. The highest BCUT2D eigenvalue weighted by Crippen LogP contribution is 1.91. The number of carbonyl (C=O) groups excluding carboxylic acids is 2. The average molecular weight is 133 g/mol. The van der Waals surface area contributed by atoms with Gasteiger partial charge in [-0.15, -0.1) is 12.6 Å². The summed E-state index contributed by atoms with van der Waals surface area (Å²) in [7, 11) is 0. The molecule has 0 aliphatic heterocycles. The van der Waals surface area contributed by atoms with E-state index in [-0.39, 0.29) is 18.0 Å². The van der Waals surface area contributed by atoms with Crippen molar-refractivity contribution in [1.82, 2.24) is 0 Å². The monoisotopic (exact) mass is 133 g/mol. The molecule has 0 saturated heterocycles. The zero-order valence-electron chi connectivity index (χ0n) is 4.26. The molecule has 0 radical (unpaired) electrons. The average Bonchev–Trinajstić information content (AvgIpc) is 1.61. The van der Waals surface area contributed by atoms with Crippen molar-refractivity contribution in [3.05, 3.63) is 0 Å². The molecular formula is C4H7NO2S. The van der Waals surface area contributed by atoms with E-state index < -0.39 is 5.91 Å². The summed E-state index contributed by atoms with van der Waals surface area (Å²) >= 11 is 3.43. The SMILES string of the molecule is NC(=O)CCC(=O)S. The van der Waals surface area contributed by atoms with E-state index in [1.807, 2.05) is 0 Å². The van der Waals surface area contributed by atoms with E-state index in [1.54, 1.807) is 0 Å². The highest BCUT2D eigenvalue weighted by atomic mass is 32.1. The van der Waals surface area contributed by atoms with Gasteiger partial charge in [0.25, 0.3) is 0 Å². The lowest BCUT2D eigenvalue weighted by molar-refractivity contribution is -0.120. The third kappa shape index (κ3) is 5.49. The van der Waals surface area contributed by atoms with Gasteiger partial charge in [0.15, 0.2) is 5.12 Å². The first-order chi connectivity index (χ1) is 3.63. The molecule has 3 nitrogen and oxygen atoms in total. The Morgan fingerprint density at radius 1 is 1.38 bits per heavy atom. The molecule has 0 heterocycles. The minimum absolute atomic E-state index is 0.0995. The van der Waals surface area contributed by atoms with Gasteiger partial charge in [-0.2, -0.15) is 0 Å². The van der Waals surface area contributed by atoms with Crippen molar-refractivity contribution in [3.8, 4) is 0 Å². The molecule has 0 aromatic heterocycles. The quantitative estimate of drug-likeness (QED) is 0.520. The Bertz CT molecular complexity index is 98.6. The fraction of sp³-hybridized carbons (Fsp3) is 0.500. The third-order valence-corrected chi connectivity index (χ3v) is 0.809. The van der Waals surface area contributed by atoms with Crippen molar-refractivity contribution in [2.45, 2.75) is 12.8 Å². The van der Waals surface area contributed by atoms with Gasteiger partial charge in [-0.05, 0) is 0 Å². The molecule has 0 aromatic rings. The lowest BCUT2D eigenvalue weighted by atomic mass is 10.3. The molecule has 1 amide bonds. The first-order valence-corrected chi connectivity index (χ1v) is 2.57. The van der Waals surface area contributed by atoms with Crippen LogP contribution in [0.15, 0.2) is 0 Å². The van der Waals surface area contributed by atoms with Gasteiger partial charge >= 0.3 is 0 Å². The maximum absolute atomic E-state index is 10.0. The van der Waals surface area contributed by atoms with Crippen LogP contribution >= 0.6 is 12.6 Å². The zero-order chi connectivity index (χ0) is 6.57. The van der Waals surface area contributed by atoms with E-state index in [0.29, 0.717) is 0 Å². The van der Waals surface area contributed by atoms with Crippen molar-refractivity contribution in [2.75, 3.05) is 0 Å². The van der Waals surface area contributed by atoms with Crippen LogP contribution in [0.1, 0.15) is 12.8 Å². The van der Waals surface area contributed by atoms with Crippen LogP contribution in [0, 0.1) is 0 Å². The molecule has 8 heavy (non-hydrogen) atoms. The second kappa shape index (κ2) is 3.49. The van der Waals surface area contributed by atoms with E-state index >= 15 is 0 Å². The van der Waals surface area contributed by atoms with Crippen molar-refractivity contribution < 1.29 is 9.59 Å². The fourth-order valence-electron chi connectivity index (χ4n) is 0.230. The lowest BCUT2D eigenvalue weighted by Gasteiger charge is -1.86. The molecule has 0 saturated carbocycles. The largest absolute Gasteiger partial charge is 0.370 e. The number of rotatable bonds is 3. The van der Waals surface area contributed by atoms with Gasteiger partial charge in [-0.1, -0.05) is 0 Å². The van der Waals surface area contributed by atoms with Gasteiger partial charge in [0.1, 0.15) is 0 Å². The second-order valence-corrected chi connectivity index (χ2v) is 1.86. The molecule has 2 N–H and O–H groups in total. The molecule has 0 spiro atoms. The summed E-state index contributed by atoms with van der Waals surface area (Å²) in [6.07, 6.45) is 0.237. The molecule has 0 atom stereocenters. The molecule has 0 aromatic carbocycles. The molecule has 0 aliphatic rings. The van der Waals surface area contributed by atoms with Gasteiger partial charge in [0.05, 0.1) is 0 Å². The van der Waals surface area contributed by atoms with Gasteiger partial charge in [0, 0.05) is 12.8 Å². The maximum Gasteiger partial charge on any atom is 0.217 e. The maximum atomic E-state index is 10.0. The van der Waals surface area contributed by atoms with Crippen LogP contribution in [0.5, 0.6) is 0 Å². The van der Waals surface area contributed by atoms with Crippen LogP contribution in [0.3, 0.4) is 0 Å². The summed E-state index contributed by atoms with van der Waals surface area (Å²) in [5.41, 5.74) is 4.72. The fourth-order valence-corrected chi connectivity index (χ4v) is 0.342. The first-order valence-electron chi connectivity index (χ1n) is 2.13. The van der Waals surface area contributed by atoms with Crippen molar-refractivity contribution in [1.29, 1.82) is 0 Å². The minimum Gasteiger partial charge on any atom is -0.370 e. The summed E-state index contributed by atoms with van der Waals surface area (Å²) in [4.78, 5) is 19.9. The highest BCUT2D eigenvalue weighted by molar-refractivity contribution is 7.96. The Morgan fingerprint density at radius 3 is 2.00 bits per heavy atom. The third-order valence-electron chi connectivity index (χ3n) is 0.585. The number of hydrogen-bond acceptors (Lipinski definition) is 2. The summed E-state index contributed by atoms with van der Waals surface area (Å²) in [6.45, 7) is 0. The Kier molecular flexibility index (Phi) is 3.26. The van der Waals surface area contributed by atoms with Gasteiger partial charge in [-0.25, -0.2) is 0 Å². The number of primary amides is 1. The Balaban J connectivity index is 3.18. The summed E-state index contributed by atoms with van der Waals surface area (Å²) in [6, 6.07) is 0. The molecule has 0 fully saturated rings. The number of nitrogens with two attached hydrogens (primary N) is 1. The molecule has 4 heteroatoms. The minimum atomic E-state index is -0.465. The Hall–Kier alpha value is -0.510. The second-order valence-electron chi connectivity index (χ2n) is 1.36. The predicted molar refractivity (Wildman–Crippen MR) is 32.4 cm³/mol. The van der Waals surface area contributed by atoms with E-state index in [0.717, 1.165) is 0 Å². The molecule has 0 bridgehead atoms. The van der Waals surface area contributed by atoms with Crippen molar-refractivity contribution in [2.24, 2.45) is 5.73 Å². The van der Waals surface area contributed by atoms with Crippen LogP contribution in [0.2, 0.25) is 0 Å². The first kappa shape index (κ1) is 7.49. The van der Waals surface area contributed by atoms with E-state index in [9.17, 15) is 9.59 Å².